The van der Waals surface area contributed by atoms with Gasteiger partial charge in [0.15, 0.2) is 0 Å². The molecule has 1 aromatic rings. The number of halogens is 1. The van der Waals surface area contributed by atoms with Crippen LogP contribution in [0.25, 0.3) is 0 Å². The monoisotopic (exact) mass is 314 g/mol. The summed E-state index contributed by atoms with van der Waals surface area (Å²) in [6, 6.07) is 6.06. The Hall–Kier alpha value is -0.610. The molecule has 0 bridgehead atoms. The van der Waals surface area contributed by atoms with E-state index in [1.165, 1.54) is 0 Å². The fraction of sp³-hybridized carbons (Fsp3) is 0.462. The Balaban J connectivity index is 2.94. The third kappa shape index (κ3) is 4.28. The van der Waals surface area contributed by atoms with E-state index in [2.05, 4.69) is 54.7 Å². The maximum atomic E-state index is 5.63. The fourth-order valence-electron chi connectivity index (χ4n) is 1.74. The molecule has 0 atom stereocenters. The highest BCUT2D eigenvalue weighted by Crippen LogP contribution is 2.26. The van der Waals surface area contributed by atoms with Crippen LogP contribution in [0.1, 0.15) is 26.3 Å². The van der Waals surface area contributed by atoms with Gasteiger partial charge in [-0.25, -0.2) is 0 Å². The molecule has 4 heteroatoms. The summed E-state index contributed by atoms with van der Waals surface area (Å²) < 4.78 is 0.947. The van der Waals surface area contributed by atoms with Crippen molar-refractivity contribution >= 4 is 38.8 Å². The number of benzene rings is 1. The van der Waals surface area contributed by atoms with Crippen LogP contribution < -0.4 is 10.6 Å². The molecule has 0 amide bonds. The van der Waals surface area contributed by atoms with Crippen molar-refractivity contribution in [2.24, 2.45) is 11.1 Å². The molecule has 0 heterocycles. The third-order valence-corrected chi connectivity index (χ3v) is 3.25. The van der Waals surface area contributed by atoms with Crippen LogP contribution in [0.15, 0.2) is 22.7 Å². The molecule has 0 fully saturated rings. The second-order valence-electron chi connectivity index (χ2n) is 5.45. The van der Waals surface area contributed by atoms with Crippen LogP contribution in [-0.4, -0.2) is 18.6 Å². The van der Waals surface area contributed by atoms with E-state index < -0.39 is 0 Å². The lowest BCUT2D eigenvalue weighted by atomic mass is 9.96. The van der Waals surface area contributed by atoms with Gasteiger partial charge < -0.3 is 10.6 Å². The topological polar surface area (TPSA) is 29.3 Å². The summed E-state index contributed by atoms with van der Waals surface area (Å²) in [7, 11) is 2.09. The second-order valence-corrected chi connectivity index (χ2v) is 6.74. The molecular weight excluding hydrogens is 296 g/mol. The molecule has 0 spiro atoms. The average Bonchev–Trinajstić information content (AvgIpc) is 2.14. The summed E-state index contributed by atoms with van der Waals surface area (Å²) in [6.45, 7) is 7.66. The Morgan fingerprint density at radius 3 is 2.41 bits per heavy atom. The second kappa shape index (κ2) is 5.36. The molecule has 0 aliphatic carbocycles. The van der Waals surface area contributed by atoms with E-state index in [0.717, 1.165) is 22.3 Å². The predicted molar refractivity (Wildman–Crippen MR) is 82.8 cm³/mol. The van der Waals surface area contributed by atoms with Gasteiger partial charge in [-0.05, 0) is 39.5 Å². The molecule has 0 saturated heterocycles. The first-order chi connectivity index (χ1) is 7.70. The standard InChI is InChI=1S/C13H19BrN2S/c1-13(2,3)8-16(4)9-5-6-10(12(15)17)11(14)7-9/h5-7H,8H2,1-4H3,(H2,15,17). The van der Waals surface area contributed by atoms with Crippen molar-refractivity contribution < 1.29 is 0 Å². The van der Waals surface area contributed by atoms with Crippen molar-refractivity contribution in [3.63, 3.8) is 0 Å². The lowest BCUT2D eigenvalue weighted by Gasteiger charge is -2.28. The lowest BCUT2D eigenvalue weighted by Crippen LogP contribution is -2.29. The Morgan fingerprint density at radius 1 is 1.41 bits per heavy atom. The van der Waals surface area contributed by atoms with Crippen molar-refractivity contribution in [1.29, 1.82) is 0 Å². The number of hydrogen-bond acceptors (Lipinski definition) is 2. The van der Waals surface area contributed by atoms with E-state index in [9.17, 15) is 0 Å². The van der Waals surface area contributed by atoms with Crippen LogP contribution in [0.4, 0.5) is 5.69 Å². The SMILES string of the molecule is CN(CC(C)(C)C)c1ccc(C(N)=S)c(Br)c1. The first-order valence-corrected chi connectivity index (χ1v) is 6.71. The molecule has 0 aliphatic heterocycles. The number of rotatable bonds is 3. The highest BCUT2D eigenvalue weighted by Gasteiger charge is 2.14. The molecule has 0 aromatic heterocycles. The molecule has 2 nitrogen and oxygen atoms in total. The zero-order valence-corrected chi connectivity index (χ0v) is 13.2. The van der Waals surface area contributed by atoms with Crippen LogP contribution in [0.5, 0.6) is 0 Å². The molecule has 1 rings (SSSR count). The van der Waals surface area contributed by atoms with Crippen molar-refractivity contribution in [1.82, 2.24) is 0 Å². The van der Waals surface area contributed by atoms with Crippen molar-refractivity contribution in [2.75, 3.05) is 18.5 Å². The quantitative estimate of drug-likeness (QED) is 0.865. The number of nitrogens with two attached hydrogens (primary N) is 1. The molecule has 0 unspecified atom stereocenters. The molecule has 2 N–H and O–H groups in total. The number of hydrogen-bond donors (Lipinski definition) is 1. The van der Waals surface area contributed by atoms with Gasteiger partial charge in [-0.15, -0.1) is 0 Å². The molecule has 0 saturated carbocycles. The zero-order chi connectivity index (χ0) is 13.2. The maximum Gasteiger partial charge on any atom is 0.105 e. The average molecular weight is 315 g/mol. The van der Waals surface area contributed by atoms with Crippen LogP contribution in [0, 0.1) is 5.41 Å². The highest BCUT2D eigenvalue weighted by atomic mass is 79.9. The normalized spacial score (nSPS) is 11.4. The van der Waals surface area contributed by atoms with E-state index in [1.54, 1.807) is 0 Å². The van der Waals surface area contributed by atoms with Crippen molar-refractivity contribution in [2.45, 2.75) is 20.8 Å². The van der Waals surface area contributed by atoms with E-state index in [4.69, 9.17) is 18.0 Å². The van der Waals surface area contributed by atoms with Gasteiger partial charge in [0.05, 0.1) is 0 Å². The van der Waals surface area contributed by atoms with E-state index in [-0.39, 0.29) is 5.41 Å². The van der Waals surface area contributed by atoms with E-state index in [1.807, 2.05) is 12.1 Å². The van der Waals surface area contributed by atoms with Gasteiger partial charge >= 0.3 is 0 Å². The first-order valence-electron chi connectivity index (χ1n) is 5.51. The minimum atomic E-state index is 0.267. The summed E-state index contributed by atoms with van der Waals surface area (Å²) in [5.74, 6) is 0. The molecular formula is C13H19BrN2S. The predicted octanol–water partition coefficient (Wildman–Crippen LogP) is 3.57. The molecule has 0 aliphatic rings. The van der Waals surface area contributed by atoms with Gasteiger partial charge in [0.1, 0.15) is 4.99 Å². The summed E-state index contributed by atoms with van der Waals surface area (Å²) in [4.78, 5) is 2.65. The largest absolute Gasteiger partial charge is 0.389 e. The van der Waals surface area contributed by atoms with Gasteiger partial charge in [-0.2, -0.15) is 0 Å². The first kappa shape index (κ1) is 14.5. The number of thiocarbonyl (C=S) groups is 1. The Morgan fingerprint density at radius 2 is 2.00 bits per heavy atom. The third-order valence-electron chi connectivity index (χ3n) is 2.37. The van der Waals surface area contributed by atoms with Crippen LogP contribution >= 0.6 is 28.1 Å². The van der Waals surface area contributed by atoms with Gasteiger partial charge in [0.2, 0.25) is 0 Å². The minimum absolute atomic E-state index is 0.267. The van der Waals surface area contributed by atoms with Crippen molar-refractivity contribution in [3.8, 4) is 0 Å². The van der Waals surface area contributed by atoms with Gasteiger partial charge in [0.25, 0.3) is 0 Å². The van der Waals surface area contributed by atoms with Gasteiger partial charge in [-0.3, -0.25) is 0 Å². The smallest absolute Gasteiger partial charge is 0.105 e. The molecule has 0 radical (unpaired) electrons. The van der Waals surface area contributed by atoms with E-state index >= 15 is 0 Å². The Kier molecular flexibility index (Phi) is 4.55. The fourth-order valence-corrected chi connectivity index (χ4v) is 2.63. The minimum Gasteiger partial charge on any atom is -0.389 e. The number of nitrogens with zero attached hydrogens (tertiary/aromatic N) is 1. The molecule has 17 heavy (non-hydrogen) atoms. The van der Waals surface area contributed by atoms with Crippen molar-refractivity contribution in [3.05, 3.63) is 28.2 Å². The van der Waals surface area contributed by atoms with Crippen LogP contribution in [0.2, 0.25) is 0 Å². The van der Waals surface area contributed by atoms with Crippen LogP contribution in [0.3, 0.4) is 0 Å². The lowest BCUT2D eigenvalue weighted by molar-refractivity contribution is 0.419. The zero-order valence-electron chi connectivity index (χ0n) is 10.7. The van der Waals surface area contributed by atoms with Crippen LogP contribution in [-0.2, 0) is 0 Å². The molecule has 1 aromatic carbocycles. The summed E-state index contributed by atoms with van der Waals surface area (Å²) >= 11 is 8.48. The Bertz CT molecular complexity index is 424. The maximum absolute atomic E-state index is 5.63. The van der Waals surface area contributed by atoms with Gasteiger partial charge in [-0.1, -0.05) is 33.0 Å². The summed E-state index contributed by atoms with van der Waals surface area (Å²) in [5.41, 5.74) is 7.94. The highest BCUT2D eigenvalue weighted by molar-refractivity contribution is 9.10. The summed E-state index contributed by atoms with van der Waals surface area (Å²) in [6.07, 6.45) is 0. The van der Waals surface area contributed by atoms with E-state index in [0.29, 0.717) is 4.99 Å². The summed E-state index contributed by atoms with van der Waals surface area (Å²) in [5, 5.41) is 0. The molecule has 94 valence electrons. The Labute approximate surface area is 117 Å². The van der Waals surface area contributed by atoms with Gasteiger partial charge in [0, 0.05) is 29.3 Å². The number of anilines is 1.